The molecule has 1 aliphatic rings. The van der Waals surface area contributed by atoms with E-state index in [1.165, 1.54) is 0 Å². The molecule has 0 aromatic heterocycles. The summed E-state index contributed by atoms with van der Waals surface area (Å²) < 4.78 is 37.9. The first-order valence-electron chi connectivity index (χ1n) is 6.04. The second-order valence-electron chi connectivity index (χ2n) is 4.74. The van der Waals surface area contributed by atoms with Crippen molar-refractivity contribution in [2.75, 3.05) is 11.4 Å². The number of nitro groups is 1. The number of non-ortho nitro benzene ring substituents is 1. The third kappa shape index (κ3) is 3.61. The number of carboxylic acid groups (broad SMARTS) is 1. The van der Waals surface area contributed by atoms with Gasteiger partial charge in [0.15, 0.2) is 0 Å². The minimum atomic E-state index is -4.52. The van der Waals surface area contributed by atoms with Crippen LogP contribution in [0.3, 0.4) is 0 Å². The van der Waals surface area contributed by atoms with E-state index in [4.69, 9.17) is 5.11 Å². The molecule has 2 rings (SSSR count). The Hall–Kier alpha value is -2.32. The quantitative estimate of drug-likeness (QED) is 0.668. The first-order chi connectivity index (χ1) is 9.69. The molecular formula is C12H11F3N2O4. The summed E-state index contributed by atoms with van der Waals surface area (Å²) in [6.07, 6.45) is -3.53. The van der Waals surface area contributed by atoms with Gasteiger partial charge in [-0.3, -0.25) is 10.1 Å². The Morgan fingerprint density at radius 2 is 2.05 bits per heavy atom. The average molecular weight is 304 g/mol. The summed E-state index contributed by atoms with van der Waals surface area (Å²) in [6.45, 7) is -1.33. The van der Waals surface area contributed by atoms with Crippen LogP contribution in [0.15, 0.2) is 18.2 Å². The highest BCUT2D eigenvalue weighted by molar-refractivity contribution is 5.95. The van der Waals surface area contributed by atoms with E-state index in [1.807, 2.05) is 0 Å². The molecule has 0 bridgehead atoms. The predicted molar refractivity (Wildman–Crippen MR) is 66.5 cm³/mol. The molecule has 0 amide bonds. The van der Waals surface area contributed by atoms with Crippen molar-refractivity contribution in [2.45, 2.75) is 25.1 Å². The Morgan fingerprint density at radius 3 is 2.48 bits per heavy atom. The zero-order chi connectivity index (χ0) is 15.8. The maximum Gasteiger partial charge on any atom is 0.405 e. The van der Waals surface area contributed by atoms with Crippen molar-refractivity contribution >= 4 is 17.3 Å². The molecule has 114 valence electrons. The number of alkyl halides is 3. The largest absolute Gasteiger partial charge is 0.478 e. The maximum absolute atomic E-state index is 12.6. The predicted octanol–water partition coefficient (Wildman–Crippen LogP) is 2.82. The fourth-order valence-electron chi connectivity index (χ4n) is 2.04. The van der Waals surface area contributed by atoms with Gasteiger partial charge < -0.3 is 10.0 Å². The summed E-state index contributed by atoms with van der Waals surface area (Å²) in [5, 5.41) is 19.8. The van der Waals surface area contributed by atoms with Crippen LogP contribution in [0.4, 0.5) is 24.5 Å². The lowest BCUT2D eigenvalue weighted by atomic mass is 10.1. The highest BCUT2D eigenvalue weighted by atomic mass is 19.4. The Bertz CT molecular complexity index is 584. The fraction of sp³-hybridized carbons (Fsp3) is 0.417. The maximum atomic E-state index is 12.6. The lowest BCUT2D eigenvalue weighted by molar-refractivity contribution is -0.384. The van der Waals surface area contributed by atoms with E-state index in [2.05, 4.69) is 0 Å². The molecule has 0 spiro atoms. The molecule has 0 radical (unpaired) electrons. The minimum Gasteiger partial charge on any atom is -0.478 e. The number of carboxylic acids is 1. The van der Waals surface area contributed by atoms with Crippen LogP contribution in [0.1, 0.15) is 23.2 Å². The van der Waals surface area contributed by atoms with Crippen molar-refractivity contribution in [2.24, 2.45) is 0 Å². The van der Waals surface area contributed by atoms with Gasteiger partial charge in [-0.25, -0.2) is 4.79 Å². The summed E-state index contributed by atoms with van der Waals surface area (Å²) in [4.78, 5) is 22.0. The Labute approximate surface area is 116 Å². The van der Waals surface area contributed by atoms with Crippen molar-refractivity contribution in [1.82, 2.24) is 0 Å². The molecule has 21 heavy (non-hydrogen) atoms. The molecular weight excluding hydrogens is 293 g/mol. The number of nitrogens with zero attached hydrogens (tertiary/aromatic N) is 2. The van der Waals surface area contributed by atoms with Crippen LogP contribution in [0.25, 0.3) is 0 Å². The highest BCUT2D eigenvalue weighted by Gasteiger charge is 2.40. The highest BCUT2D eigenvalue weighted by Crippen LogP contribution is 2.37. The molecule has 0 unspecified atom stereocenters. The molecule has 0 aliphatic heterocycles. The van der Waals surface area contributed by atoms with Crippen LogP contribution >= 0.6 is 0 Å². The molecule has 0 heterocycles. The van der Waals surface area contributed by atoms with Gasteiger partial charge in [-0.15, -0.1) is 0 Å². The third-order valence-corrected chi connectivity index (χ3v) is 3.07. The van der Waals surface area contributed by atoms with Crippen LogP contribution in [-0.2, 0) is 0 Å². The van der Waals surface area contributed by atoms with E-state index in [1.54, 1.807) is 0 Å². The summed E-state index contributed by atoms with van der Waals surface area (Å²) >= 11 is 0. The average Bonchev–Trinajstić information content (AvgIpc) is 3.18. The van der Waals surface area contributed by atoms with Gasteiger partial charge >= 0.3 is 12.1 Å². The van der Waals surface area contributed by atoms with Gasteiger partial charge in [0.1, 0.15) is 6.54 Å². The monoisotopic (exact) mass is 304 g/mol. The Kier molecular flexibility index (Phi) is 3.75. The minimum absolute atomic E-state index is 0.267. The topological polar surface area (TPSA) is 83.7 Å². The van der Waals surface area contributed by atoms with E-state index >= 15 is 0 Å². The molecule has 1 aliphatic carbocycles. The Balaban J connectivity index is 2.48. The second kappa shape index (κ2) is 5.23. The van der Waals surface area contributed by atoms with E-state index in [0.29, 0.717) is 12.8 Å². The molecule has 0 saturated heterocycles. The lowest BCUT2D eigenvalue weighted by Crippen LogP contribution is -2.37. The zero-order valence-corrected chi connectivity index (χ0v) is 10.6. The van der Waals surface area contributed by atoms with Crippen LogP contribution in [0.2, 0.25) is 0 Å². The molecule has 1 fully saturated rings. The zero-order valence-electron chi connectivity index (χ0n) is 10.6. The van der Waals surface area contributed by atoms with E-state index in [-0.39, 0.29) is 11.3 Å². The number of benzene rings is 1. The standard InChI is InChI=1S/C12H11F3N2O4/c13-12(14,15)6-16(7-1-2-7)10-5-8(17(20)21)3-4-9(10)11(18)19/h3-5,7H,1-2,6H2,(H,18,19). The number of anilines is 1. The first kappa shape index (κ1) is 15.1. The number of halogens is 3. The first-order valence-corrected chi connectivity index (χ1v) is 6.04. The molecule has 1 aromatic carbocycles. The molecule has 6 nitrogen and oxygen atoms in total. The molecule has 1 saturated carbocycles. The van der Waals surface area contributed by atoms with E-state index in [9.17, 15) is 28.1 Å². The van der Waals surface area contributed by atoms with Crippen molar-refractivity contribution < 1.29 is 28.0 Å². The normalized spacial score (nSPS) is 14.8. The lowest BCUT2D eigenvalue weighted by Gasteiger charge is -2.27. The fourth-order valence-corrected chi connectivity index (χ4v) is 2.04. The van der Waals surface area contributed by atoms with Gasteiger partial charge in [-0.2, -0.15) is 13.2 Å². The molecule has 1 aromatic rings. The van der Waals surface area contributed by atoms with Crippen LogP contribution < -0.4 is 4.90 Å². The number of aromatic carboxylic acids is 1. The van der Waals surface area contributed by atoms with Crippen LogP contribution in [-0.4, -0.2) is 34.8 Å². The number of nitro benzene ring substituents is 1. The van der Waals surface area contributed by atoms with Crippen molar-refractivity contribution in [3.63, 3.8) is 0 Å². The van der Waals surface area contributed by atoms with Gasteiger partial charge in [-0.1, -0.05) is 0 Å². The van der Waals surface area contributed by atoms with Crippen LogP contribution in [0.5, 0.6) is 0 Å². The van der Waals surface area contributed by atoms with E-state index in [0.717, 1.165) is 23.1 Å². The smallest absolute Gasteiger partial charge is 0.405 e. The Morgan fingerprint density at radius 1 is 1.43 bits per heavy atom. The van der Waals surface area contributed by atoms with Gasteiger partial charge in [-0.05, 0) is 18.9 Å². The summed E-state index contributed by atoms with van der Waals surface area (Å²) in [7, 11) is 0. The molecule has 1 N–H and O–H groups in total. The van der Waals surface area contributed by atoms with Crippen molar-refractivity contribution in [1.29, 1.82) is 0 Å². The second-order valence-corrected chi connectivity index (χ2v) is 4.74. The van der Waals surface area contributed by atoms with Crippen molar-refractivity contribution in [3.05, 3.63) is 33.9 Å². The molecule has 0 atom stereocenters. The van der Waals surface area contributed by atoms with E-state index < -0.39 is 35.3 Å². The number of rotatable bonds is 5. The van der Waals surface area contributed by atoms with Crippen LogP contribution in [0, 0.1) is 10.1 Å². The van der Waals surface area contributed by atoms with Gasteiger partial charge in [0.25, 0.3) is 5.69 Å². The number of hydrogen-bond donors (Lipinski definition) is 1. The van der Waals surface area contributed by atoms with Gasteiger partial charge in [0.05, 0.1) is 16.2 Å². The SMILES string of the molecule is O=C(O)c1ccc([N+](=O)[O-])cc1N(CC(F)(F)F)C1CC1. The number of carbonyl (C=O) groups is 1. The van der Waals surface area contributed by atoms with Gasteiger partial charge in [0, 0.05) is 18.2 Å². The summed E-state index contributed by atoms with van der Waals surface area (Å²) in [5.74, 6) is -1.42. The molecule has 9 heteroatoms. The van der Waals surface area contributed by atoms with Gasteiger partial charge in [0.2, 0.25) is 0 Å². The summed E-state index contributed by atoms with van der Waals surface area (Å²) in [6, 6.07) is 2.37. The number of hydrogen-bond acceptors (Lipinski definition) is 4. The van der Waals surface area contributed by atoms with Crippen molar-refractivity contribution in [3.8, 4) is 0 Å². The summed E-state index contributed by atoms with van der Waals surface area (Å²) in [5.41, 5.74) is -1.09. The third-order valence-electron chi connectivity index (χ3n) is 3.07.